The van der Waals surface area contributed by atoms with Crippen molar-refractivity contribution in [3.8, 4) is 0 Å². The van der Waals surface area contributed by atoms with E-state index in [1.54, 1.807) is 13.8 Å². The molecule has 0 fully saturated rings. The van der Waals surface area contributed by atoms with E-state index in [4.69, 9.17) is 28.4 Å². The van der Waals surface area contributed by atoms with Crippen LogP contribution in [0.3, 0.4) is 0 Å². The molecule has 0 aromatic rings. The van der Waals surface area contributed by atoms with Gasteiger partial charge < -0.3 is 33.7 Å². The predicted molar refractivity (Wildman–Crippen MR) is 108 cm³/mol. The van der Waals surface area contributed by atoms with E-state index < -0.39 is 6.17 Å². The van der Waals surface area contributed by atoms with Gasteiger partial charge in [0.15, 0.2) is 5.78 Å². The zero-order valence-corrected chi connectivity index (χ0v) is 18.5. The van der Waals surface area contributed by atoms with Crippen molar-refractivity contribution in [2.75, 3.05) is 85.8 Å². The topological polar surface area (TPSA) is 102 Å². The molecule has 0 radical (unpaired) electrons. The molecule has 178 valence electrons. The number of hydrogen-bond acceptors (Lipinski definition) is 8. The minimum atomic E-state index is -1.23. The number of halogens is 1. The summed E-state index contributed by atoms with van der Waals surface area (Å²) in [6, 6.07) is 0. The third-order valence-corrected chi connectivity index (χ3v) is 3.49. The van der Waals surface area contributed by atoms with Gasteiger partial charge in [-0.2, -0.15) is 0 Å². The standard InChI is InChI=1S/C20H38FNO8/c1-17(2)20(24)22-14-19(21)16-30-13-11-28-9-7-26-5-4-25-6-8-27-10-12-29-15-18(3)23/h17,19H,4-16H2,1-3H3,(H,22,24). The Kier molecular flexibility index (Phi) is 20.3. The lowest BCUT2D eigenvalue weighted by Crippen LogP contribution is -2.35. The van der Waals surface area contributed by atoms with Gasteiger partial charge in [0.05, 0.1) is 79.2 Å². The molecule has 0 spiro atoms. The highest BCUT2D eigenvalue weighted by molar-refractivity contribution is 5.77. The minimum absolute atomic E-state index is 0.00709. The summed E-state index contributed by atoms with van der Waals surface area (Å²) in [5.41, 5.74) is 0. The fourth-order valence-corrected chi connectivity index (χ4v) is 1.90. The van der Waals surface area contributed by atoms with E-state index in [9.17, 15) is 14.0 Å². The summed E-state index contributed by atoms with van der Waals surface area (Å²) in [5.74, 6) is -0.343. The molecule has 0 bridgehead atoms. The number of carbonyl (C=O) groups is 2. The van der Waals surface area contributed by atoms with Gasteiger partial charge in [0, 0.05) is 5.92 Å². The zero-order valence-electron chi connectivity index (χ0n) is 18.5. The van der Waals surface area contributed by atoms with E-state index in [1.165, 1.54) is 6.92 Å². The molecule has 30 heavy (non-hydrogen) atoms. The van der Waals surface area contributed by atoms with Gasteiger partial charge in [0.2, 0.25) is 5.91 Å². The first-order chi connectivity index (χ1) is 14.4. The second kappa shape index (κ2) is 21.1. The van der Waals surface area contributed by atoms with Crippen molar-refractivity contribution in [3.63, 3.8) is 0 Å². The van der Waals surface area contributed by atoms with Gasteiger partial charge in [-0.25, -0.2) is 4.39 Å². The second-order valence-electron chi connectivity index (χ2n) is 6.78. The third kappa shape index (κ3) is 21.5. The number of Topliss-reactive ketones (excluding diaryl/α,β-unsaturated/α-hetero) is 1. The van der Waals surface area contributed by atoms with E-state index in [2.05, 4.69) is 5.32 Å². The van der Waals surface area contributed by atoms with Crippen LogP contribution in [0.5, 0.6) is 0 Å². The van der Waals surface area contributed by atoms with Crippen LogP contribution in [0.15, 0.2) is 0 Å². The van der Waals surface area contributed by atoms with Crippen molar-refractivity contribution in [1.82, 2.24) is 5.32 Å². The normalized spacial score (nSPS) is 12.3. The molecule has 1 amide bonds. The molecule has 1 N–H and O–H groups in total. The monoisotopic (exact) mass is 439 g/mol. The number of amides is 1. The molecule has 1 atom stereocenters. The smallest absolute Gasteiger partial charge is 0.222 e. The summed E-state index contributed by atoms with van der Waals surface area (Å²) in [6.45, 7) is 9.07. The van der Waals surface area contributed by atoms with E-state index in [1.807, 2.05) is 0 Å². The molecular formula is C20H38FNO8. The first-order valence-corrected chi connectivity index (χ1v) is 10.3. The number of hydrogen-bond donors (Lipinski definition) is 1. The molecule has 0 aliphatic rings. The molecule has 0 aliphatic heterocycles. The van der Waals surface area contributed by atoms with E-state index >= 15 is 0 Å². The van der Waals surface area contributed by atoms with Crippen molar-refractivity contribution >= 4 is 11.7 Å². The van der Waals surface area contributed by atoms with Gasteiger partial charge >= 0.3 is 0 Å². The zero-order chi connectivity index (χ0) is 22.5. The Hall–Kier alpha value is -1.17. The van der Waals surface area contributed by atoms with Crippen LogP contribution in [-0.4, -0.2) is 104 Å². The Labute approximate surface area is 178 Å². The molecule has 1 unspecified atom stereocenters. The average Bonchev–Trinajstić information content (AvgIpc) is 2.70. The third-order valence-electron chi connectivity index (χ3n) is 3.49. The first kappa shape index (κ1) is 28.8. The number of ether oxygens (including phenoxy) is 6. The van der Waals surface area contributed by atoms with Crippen molar-refractivity contribution in [1.29, 1.82) is 0 Å². The molecule has 9 nitrogen and oxygen atoms in total. The van der Waals surface area contributed by atoms with Crippen LogP contribution in [0.2, 0.25) is 0 Å². The fraction of sp³-hybridized carbons (Fsp3) is 0.900. The summed E-state index contributed by atoms with van der Waals surface area (Å²) < 4.78 is 45.0. The van der Waals surface area contributed by atoms with Crippen molar-refractivity contribution in [2.45, 2.75) is 26.9 Å². The van der Waals surface area contributed by atoms with Crippen LogP contribution in [0.4, 0.5) is 4.39 Å². The lowest BCUT2D eigenvalue weighted by molar-refractivity contribution is -0.124. The van der Waals surface area contributed by atoms with Gasteiger partial charge in [-0.15, -0.1) is 0 Å². The van der Waals surface area contributed by atoms with Gasteiger partial charge in [-0.05, 0) is 6.92 Å². The molecule has 0 aliphatic carbocycles. The SMILES string of the molecule is CC(=O)COCCOCCOCCOCCOCCOCC(F)CNC(=O)C(C)C. The summed E-state index contributed by atoms with van der Waals surface area (Å²) in [5, 5.41) is 2.52. The van der Waals surface area contributed by atoms with Gasteiger partial charge in [0.25, 0.3) is 0 Å². The summed E-state index contributed by atoms with van der Waals surface area (Å²) in [7, 11) is 0. The van der Waals surface area contributed by atoms with Crippen LogP contribution < -0.4 is 5.32 Å². The number of rotatable bonds is 22. The molecule has 0 aromatic heterocycles. The maximum absolute atomic E-state index is 13.5. The molecule has 0 saturated heterocycles. The van der Waals surface area contributed by atoms with Crippen LogP contribution in [-0.2, 0) is 38.0 Å². The van der Waals surface area contributed by atoms with Crippen LogP contribution in [0.25, 0.3) is 0 Å². The molecule has 10 heteroatoms. The maximum Gasteiger partial charge on any atom is 0.222 e. The summed E-state index contributed by atoms with van der Waals surface area (Å²) >= 11 is 0. The lowest BCUT2D eigenvalue weighted by Gasteiger charge is -2.12. The number of nitrogens with one attached hydrogen (secondary N) is 1. The highest BCUT2D eigenvalue weighted by Crippen LogP contribution is 1.94. The van der Waals surface area contributed by atoms with E-state index in [0.717, 1.165) is 0 Å². The predicted octanol–water partition coefficient (Wildman–Crippen LogP) is 0.785. The van der Waals surface area contributed by atoms with Crippen LogP contribution >= 0.6 is 0 Å². The van der Waals surface area contributed by atoms with Gasteiger partial charge in [-0.3, -0.25) is 9.59 Å². The number of carbonyl (C=O) groups excluding carboxylic acids is 2. The minimum Gasteiger partial charge on any atom is -0.377 e. The molecule has 0 aromatic carbocycles. The molecular weight excluding hydrogens is 401 g/mol. The second-order valence-corrected chi connectivity index (χ2v) is 6.78. The Bertz CT molecular complexity index is 426. The van der Waals surface area contributed by atoms with Crippen molar-refractivity contribution in [3.05, 3.63) is 0 Å². The number of ketones is 1. The number of alkyl halides is 1. The maximum atomic E-state index is 13.5. The lowest BCUT2D eigenvalue weighted by atomic mass is 10.2. The highest BCUT2D eigenvalue weighted by Gasteiger charge is 2.11. The van der Waals surface area contributed by atoms with Crippen molar-refractivity contribution < 1.29 is 42.4 Å². The van der Waals surface area contributed by atoms with Crippen molar-refractivity contribution in [2.24, 2.45) is 5.92 Å². The molecule has 0 rings (SSSR count). The highest BCUT2D eigenvalue weighted by atomic mass is 19.1. The Morgan fingerprint density at radius 1 is 0.733 bits per heavy atom. The van der Waals surface area contributed by atoms with Crippen LogP contribution in [0.1, 0.15) is 20.8 Å². The Morgan fingerprint density at radius 2 is 1.13 bits per heavy atom. The fourth-order valence-electron chi connectivity index (χ4n) is 1.90. The molecule has 0 saturated carbocycles. The van der Waals surface area contributed by atoms with E-state index in [0.29, 0.717) is 59.5 Å². The summed E-state index contributed by atoms with van der Waals surface area (Å²) in [4.78, 5) is 22.0. The van der Waals surface area contributed by atoms with Crippen LogP contribution in [0, 0.1) is 5.92 Å². The van der Waals surface area contributed by atoms with Gasteiger partial charge in [-0.1, -0.05) is 13.8 Å². The summed E-state index contributed by atoms with van der Waals surface area (Å²) in [6.07, 6.45) is -1.23. The Balaban J connectivity index is 3.17. The largest absolute Gasteiger partial charge is 0.377 e. The van der Waals surface area contributed by atoms with Gasteiger partial charge in [0.1, 0.15) is 12.8 Å². The quantitative estimate of drug-likeness (QED) is 0.247. The average molecular weight is 440 g/mol. The molecule has 0 heterocycles. The first-order valence-electron chi connectivity index (χ1n) is 10.3. The Morgan fingerprint density at radius 3 is 1.53 bits per heavy atom. The van der Waals surface area contributed by atoms with E-state index in [-0.39, 0.29) is 44.0 Å².